The standard InChI is InChI=1S/C31H33NO8/c1-3-13-24(32)37-31-27(40-30(35)23-18-11-6-12-19-23)26(39-29(34)22-16-9-5-10-17-22)25(20(2)36-31)38-28(33)21-14-7-4-8-15-21/h4-12,14-20,24-27,31H,3,13,32H2,1-2H3/t20-,24?,25+,26-,27?,31?/m0/s1. The van der Waals surface area contributed by atoms with Gasteiger partial charge in [0.1, 0.15) is 6.23 Å². The summed E-state index contributed by atoms with van der Waals surface area (Å²) in [7, 11) is 0. The van der Waals surface area contributed by atoms with Crippen molar-refractivity contribution in [2.75, 3.05) is 0 Å². The van der Waals surface area contributed by atoms with Gasteiger partial charge in [-0.3, -0.25) is 0 Å². The molecule has 0 bridgehead atoms. The van der Waals surface area contributed by atoms with Gasteiger partial charge < -0.3 is 29.4 Å². The summed E-state index contributed by atoms with van der Waals surface area (Å²) in [6, 6.07) is 25.0. The summed E-state index contributed by atoms with van der Waals surface area (Å²) in [6.07, 6.45) is -5.25. The van der Waals surface area contributed by atoms with Crippen molar-refractivity contribution in [3.63, 3.8) is 0 Å². The van der Waals surface area contributed by atoms with Gasteiger partial charge in [0.2, 0.25) is 6.29 Å². The van der Waals surface area contributed by atoms with Gasteiger partial charge in [-0.05, 0) is 49.7 Å². The molecule has 2 N–H and O–H groups in total. The molecule has 9 nitrogen and oxygen atoms in total. The predicted octanol–water partition coefficient (Wildman–Crippen LogP) is 4.51. The van der Waals surface area contributed by atoms with Crippen molar-refractivity contribution in [3.8, 4) is 0 Å². The maximum absolute atomic E-state index is 13.2. The Bertz CT molecular complexity index is 1250. The van der Waals surface area contributed by atoms with Crippen LogP contribution in [0, 0.1) is 0 Å². The number of carbonyl (C=O) groups excluding carboxylic acids is 3. The number of hydrogen-bond acceptors (Lipinski definition) is 9. The van der Waals surface area contributed by atoms with Gasteiger partial charge in [0.15, 0.2) is 18.3 Å². The first-order valence-corrected chi connectivity index (χ1v) is 13.2. The molecule has 1 heterocycles. The molecule has 0 aromatic heterocycles. The Balaban J connectivity index is 1.70. The van der Waals surface area contributed by atoms with Crippen LogP contribution < -0.4 is 5.73 Å². The molecule has 9 heteroatoms. The van der Waals surface area contributed by atoms with Gasteiger partial charge in [0.05, 0.1) is 22.8 Å². The Hall–Kier alpha value is -4.05. The minimum atomic E-state index is -1.31. The fourth-order valence-electron chi connectivity index (χ4n) is 4.33. The molecule has 210 valence electrons. The Morgan fingerprint density at radius 3 is 1.52 bits per heavy atom. The predicted molar refractivity (Wildman–Crippen MR) is 145 cm³/mol. The zero-order valence-corrected chi connectivity index (χ0v) is 22.4. The van der Waals surface area contributed by atoms with Crippen LogP contribution in [0.4, 0.5) is 0 Å². The van der Waals surface area contributed by atoms with E-state index in [1.54, 1.807) is 97.9 Å². The van der Waals surface area contributed by atoms with Crippen molar-refractivity contribution in [2.24, 2.45) is 5.73 Å². The molecule has 0 saturated carbocycles. The van der Waals surface area contributed by atoms with E-state index in [1.165, 1.54) is 0 Å². The van der Waals surface area contributed by atoms with Crippen LogP contribution in [0.3, 0.4) is 0 Å². The van der Waals surface area contributed by atoms with Crippen LogP contribution in [0.2, 0.25) is 0 Å². The number of benzene rings is 3. The van der Waals surface area contributed by atoms with Gasteiger partial charge in [0.25, 0.3) is 0 Å². The SMILES string of the molecule is CCCC(N)OC1O[C@@H](C)[C@@H](OC(=O)c2ccccc2)[C@H](OC(=O)c2ccccc2)C1OC(=O)c1ccccc1. The van der Waals surface area contributed by atoms with Crippen molar-refractivity contribution in [3.05, 3.63) is 108 Å². The number of carbonyl (C=O) groups is 3. The van der Waals surface area contributed by atoms with Crippen molar-refractivity contribution >= 4 is 17.9 Å². The Labute approximate surface area is 233 Å². The second-order valence-electron chi connectivity index (χ2n) is 9.38. The van der Waals surface area contributed by atoms with Gasteiger partial charge in [0, 0.05) is 0 Å². The molecule has 3 unspecified atom stereocenters. The Kier molecular flexibility index (Phi) is 10.0. The van der Waals surface area contributed by atoms with E-state index in [9.17, 15) is 14.4 Å². The fourth-order valence-corrected chi connectivity index (χ4v) is 4.33. The molecule has 3 aromatic carbocycles. The number of ether oxygens (including phenoxy) is 5. The van der Waals surface area contributed by atoms with Crippen LogP contribution in [0.5, 0.6) is 0 Å². The second kappa shape index (κ2) is 13.8. The summed E-state index contributed by atoms with van der Waals surface area (Å²) in [5, 5.41) is 0. The summed E-state index contributed by atoms with van der Waals surface area (Å²) in [5.74, 6) is -2.05. The van der Waals surface area contributed by atoms with E-state index in [0.29, 0.717) is 12.0 Å². The lowest BCUT2D eigenvalue weighted by atomic mass is 9.98. The lowest BCUT2D eigenvalue weighted by molar-refractivity contribution is -0.301. The first-order valence-electron chi connectivity index (χ1n) is 13.2. The minimum Gasteiger partial charge on any atom is -0.452 e. The molecular formula is C31H33NO8. The Morgan fingerprint density at radius 2 is 1.10 bits per heavy atom. The smallest absolute Gasteiger partial charge is 0.338 e. The zero-order chi connectivity index (χ0) is 28.5. The van der Waals surface area contributed by atoms with Crippen LogP contribution in [-0.2, 0) is 23.7 Å². The van der Waals surface area contributed by atoms with Crippen molar-refractivity contribution in [1.82, 2.24) is 0 Å². The summed E-state index contributed by atoms with van der Waals surface area (Å²) in [5.41, 5.74) is 6.99. The minimum absolute atomic E-state index is 0.267. The van der Waals surface area contributed by atoms with Gasteiger partial charge >= 0.3 is 17.9 Å². The second-order valence-corrected chi connectivity index (χ2v) is 9.38. The normalized spacial score (nSPS) is 23.0. The molecule has 3 aromatic rings. The monoisotopic (exact) mass is 547 g/mol. The van der Waals surface area contributed by atoms with E-state index < -0.39 is 54.8 Å². The third-order valence-corrected chi connectivity index (χ3v) is 6.37. The van der Waals surface area contributed by atoms with E-state index in [2.05, 4.69) is 0 Å². The molecule has 4 rings (SSSR count). The molecule has 0 aliphatic carbocycles. The molecule has 0 radical (unpaired) electrons. The lowest BCUT2D eigenvalue weighted by Gasteiger charge is -2.44. The maximum Gasteiger partial charge on any atom is 0.338 e. The van der Waals surface area contributed by atoms with Gasteiger partial charge in [-0.1, -0.05) is 67.9 Å². The molecule has 40 heavy (non-hydrogen) atoms. The van der Waals surface area contributed by atoms with Crippen LogP contribution in [-0.4, -0.2) is 54.8 Å². The lowest BCUT2D eigenvalue weighted by Crippen LogP contribution is -2.62. The van der Waals surface area contributed by atoms with E-state index in [4.69, 9.17) is 29.4 Å². The van der Waals surface area contributed by atoms with E-state index >= 15 is 0 Å². The number of nitrogens with two attached hydrogens (primary N) is 1. The average Bonchev–Trinajstić information content (AvgIpc) is 2.98. The largest absolute Gasteiger partial charge is 0.452 e. The van der Waals surface area contributed by atoms with E-state index in [1.807, 2.05) is 6.92 Å². The summed E-state index contributed by atoms with van der Waals surface area (Å²) < 4.78 is 29.7. The van der Waals surface area contributed by atoms with Gasteiger partial charge in [-0.25, -0.2) is 14.4 Å². The highest BCUT2D eigenvalue weighted by molar-refractivity contribution is 5.91. The first-order chi connectivity index (χ1) is 19.4. The van der Waals surface area contributed by atoms with E-state index in [0.717, 1.165) is 6.42 Å². The van der Waals surface area contributed by atoms with Crippen molar-refractivity contribution in [1.29, 1.82) is 0 Å². The molecule has 0 amide bonds. The van der Waals surface area contributed by atoms with Crippen LogP contribution in [0.1, 0.15) is 57.8 Å². The molecular weight excluding hydrogens is 514 g/mol. The first kappa shape index (κ1) is 28.9. The van der Waals surface area contributed by atoms with Crippen LogP contribution in [0.25, 0.3) is 0 Å². The fraction of sp³-hybridized carbons (Fsp3) is 0.323. The average molecular weight is 548 g/mol. The molecule has 1 saturated heterocycles. The number of hydrogen-bond donors (Lipinski definition) is 1. The molecule has 1 aliphatic rings. The van der Waals surface area contributed by atoms with Crippen molar-refractivity contribution < 1.29 is 38.1 Å². The summed E-state index contributed by atoms with van der Waals surface area (Å²) in [4.78, 5) is 39.5. The third-order valence-electron chi connectivity index (χ3n) is 6.37. The zero-order valence-electron chi connectivity index (χ0n) is 22.4. The van der Waals surface area contributed by atoms with Crippen molar-refractivity contribution in [2.45, 2.75) is 63.6 Å². The molecule has 6 atom stereocenters. The van der Waals surface area contributed by atoms with Crippen LogP contribution in [0.15, 0.2) is 91.0 Å². The van der Waals surface area contributed by atoms with Crippen LogP contribution >= 0.6 is 0 Å². The highest BCUT2D eigenvalue weighted by atomic mass is 16.7. The van der Waals surface area contributed by atoms with E-state index in [-0.39, 0.29) is 11.1 Å². The summed E-state index contributed by atoms with van der Waals surface area (Å²) in [6.45, 7) is 3.60. The summed E-state index contributed by atoms with van der Waals surface area (Å²) >= 11 is 0. The third kappa shape index (κ3) is 7.32. The quantitative estimate of drug-likeness (QED) is 0.222. The topological polar surface area (TPSA) is 123 Å². The number of rotatable bonds is 10. The molecule has 1 fully saturated rings. The number of esters is 3. The van der Waals surface area contributed by atoms with Gasteiger partial charge in [-0.15, -0.1) is 0 Å². The highest BCUT2D eigenvalue weighted by Gasteiger charge is 2.52. The molecule has 1 aliphatic heterocycles. The maximum atomic E-state index is 13.2. The molecule has 0 spiro atoms. The Morgan fingerprint density at radius 1 is 0.700 bits per heavy atom. The highest BCUT2D eigenvalue weighted by Crippen LogP contribution is 2.31. The van der Waals surface area contributed by atoms with Gasteiger partial charge in [-0.2, -0.15) is 0 Å².